The number of hydrogen-bond donors (Lipinski definition) is 0. The van der Waals surface area contributed by atoms with Gasteiger partial charge in [0.1, 0.15) is 5.76 Å². The molecule has 0 aliphatic heterocycles. The quantitative estimate of drug-likeness (QED) is 0.777. The van der Waals surface area contributed by atoms with Gasteiger partial charge in [-0.15, -0.1) is 0 Å². The standard InChI is InChI=1S/C10H17NO3S/c1-4-8(2)6-15(12,13)7-10-5-9(3)14-11-10/h5,8H,4,6-7H2,1-3H3/t8-/m1/s1. The largest absolute Gasteiger partial charge is 0.361 e. The number of nitrogens with zero attached hydrogens (tertiary/aromatic N) is 1. The van der Waals surface area contributed by atoms with Gasteiger partial charge in [0, 0.05) is 6.07 Å². The van der Waals surface area contributed by atoms with Crippen molar-refractivity contribution in [2.45, 2.75) is 32.9 Å². The lowest BCUT2D eigenvalue weighted by atomic mass is 10.2. The average Bonchev–Trinajstić information content (AvgIpc) is 2.49. The van der Waals surface area contributed by atoms with Crippen LogP contribution in [0.3, 0.4) is 0 Å². The van der Waals surface area contributed by atoms with Gasteiger partial charge in [0.05, 0.1) is 17.2 Å². The molecule has 4 nitrogen and oxygen atoms in total. The van der Waals surface area contributed by atoms with E-state index in [1.165, 1.54) is 0 Å². The van der Waals surface area contributed by atoms with Crippen LogP contribution < -0.4 is 0 Å². The molecule has 0 saturated carbocycles. The lowest BCUT2D eigenvalue weighted by Gasteiger charge is -2.07. The maximum atomic E-state index is 11.7. The number of aromatic nitrogens is 1. The van der Waals surface area contributed by atoms with E-state index in [0.717, 1.165) is 6.42 Å². The van der Waals surface area contributed by atoms with E-state index in [1.807, 2.05) is 13.8 Å². The van der Waals surface area contributed by atoms with Crippen LogP contribution in [0.25, 0.3) is 0 Å². The molecule has 0 unspecified atom stereocenters. The molecule has 0 aliphatic rings. The van der Waals surface area contributed by atoms with Crippen LogP contribution in [-0.4, -0.2) is 19.3 Å². The third-order valence-electron chi connectivity index (χ3n) is 2.28. The monoisotopic (exact) mass is 231 g/mol. The molecule has 86 valence electrons. The number of aryl methyl sites for hydroxylation is 1. The molecule has 0 aliphatic carbocycles. The molecule has 0 saturated heterocycles. The first-order chi connectivity index (χ1) is 6.93. The lowest BCUT2D eigenvalue weighted by Crippen LogP contribution is -2.15. The van der Waals surface area contributed by atoms with E-state index in [1.54, 1.807) is 13.0 Å². The molecule has 1 aromatic rings. The third kappa shape index (κ3) is 4.03. The van der Waals surface area contributed by atoms with Crippen LogP contribution in [0.1, 0.15) is 31.7 Å². The Kier molecular flexibility index (Phi) is 3.90. The molecular formula is C10H17NO3S. The zero-order chi connectivity index (χ0) is 11.5. The fourth-order valence-corrected chi connectivity index (χ4v) is 3.13. The first-order valence-corrected chi connectivity index (χ1v) is 6.87. The summed E-state index contributed by atoms with van der Waals surface area (Å²) in [6.45, 7) is 5.67. The summed E-state index contributed by atoms with van der Waals surface area (Å²) in [4.78, 5) is 0. The Morgan fingerprint density at radius 1 is 1.53 bits per heavy atom. The highest BCUT2D eigenvalue weighted by Crippen LogP contribution is 2.11. The summed E-state index contributed by atoms with van der Waals surface area (Å²) in [6, 6.07) is 1.66. The van der Waals surface area contributed by atoms with Gasteiger partial charge in [-0.1, -0.05) is 25.4 Å². The van der Waals surface area contributed by atoms with Gasteiger partial charge < -0.3 is 4.52 Å². The highest BCUT2D eigenvalue weighted by Gasteiger charge is 2.17. The second kappa shape index (κ2) is 4.79. The van der Waals surface area contributed by atoms with Crippen molar-refractivity contribution in [3.8, 4) is 0 Å². The fraction of sp³-hybridized carbons (Fsp3) is 0.700. The van der Waals surface area contributed by atoms with Crippen LogP contribution >= 0.6 is 0 Å². The Bertz CT molecular complexity index is 408. The van der Waals surface area contributed by atoms with E-state index < -0.39 is 9.84 Å². The Balaban J connectivity index is 2.64. The summed E-state index contributed by atoms with van der Waals surface area (Å²) in [5.41, 5.74) is 0.496. The molecule has 0 spiro atoms. The first-order valence-electron chi connectivity index (χ1n) is 5.05. The van der Waals surface area contributed by atoms with Gasteiger partial charge in [0.25, 0.3) is 0 Å². The fourth-order valence-electron chi connectivity index (χ4n) is 1.32. The summed E-state index contributed by atoms with van der Waals surface area (Å²) in [7, 11) is -3.06. The zero-order valence-corrected chi connectivity index (χ0v) is 10.2. The van der Waals surface area contributed by atoms with Crippen LogP contribution in [0.5, 0.6) is 0 Å². The molecule has 1 atom stereocenters. The molecule has 0 fully saturated rings. The summed E-state index contributed by atoms with van der Waals surface area (Å²) in [5.74, 6) is 1.04. The number of rotatable bonds is 5. The van der Waals surface area contributed by atoms with E-state index in [0.29, 0.717) is 11.5 Å². The Hall–Kier alpha value is -0.840. The van der Waals surface area contributed by atoms with Crippen molar-refractivity contribution in [1.82, 2.24) is 5.16 Å². The summed E-state index contributed by atoms with van der Waals surface area (Å²) in [6.07, 6.45) is 0.872. The molecular weight excluding hydrogens is 214 g/mol. The molecule has 1 rings (SSSR count). The summed E-state index contributed by atoms with van der Waals surface area (Å²) >= 11 is 0. The predicted octanol–water partition coefficient (Wildman–Crippen LogP) is 1.94. The molecule has 5 heteroatoms. The van der Waals surface area contributed by atoms with Crippen LogP contribution in [0.4, 0.5) is 0 Å². The van der Waals surface area contributed by atoms with E-state index in [4.69, 9.17) is 4.52 Å². The third-order valence-corrected chi connectivity index (χ3v) is 4.09. The normalized spacial score (nSPS) is 14.1. The lowest BCUT2D eigenvalue weighted by molar-refractivity contribution is 0.392. The van der Waals surface area contributed by atoms with Crippen molar-refractivity contribution in [2.24, 2.45) is 5.92 Å². The topological polar surface area (TPSA) is 60.2 Å². The van der Waals surface area contributed by atoms with E-state index in [-0.39, 0.29) is 17.4 Å². The molecule has 0 aromatic carbocycles. The maximum Gasteiger partial charge on any atom is 0.156 e. The van der Waals surface area contributed by atoms with Gasteiger partial charge in [-0.25, -0.2) is 8.42 Å². The minimum absolute atomic E-state index is 0.0192. The van der Waals surface area contributed by atoms with Crippen molar-refractivity contribution >= 4 is 9.84 Å². The summed E-state index contributed by atoms with van der Waals surface area (Å²) in [5, 5.41) is 3.68. The SMILES string of the molecule is CC[C@@H](C)CS(=O)(=O)Cc1cc(C)on1. The first kappa shape index (κ1) is 12.2. The van der Waals surface area contributed by atoms with Gasteiger partial charge in [0.15, 0.2) is 9.84 Å². The molecule has 0 N–H and O–H groups in total. The molecule has 1 heterocycles. The van der Waals surface area contributed by atoms with E-state index in [2.05, 4.69) is 5.16 Å². The summed E-state index contributed by atoms with van der Waals surface area (Å²) < 4.78 is 28.2. The van der Waals surface area contributed by atoms with Crippen LogP contribution in [0.15, 0.2) is 10.6 Å². The molecule has 0 bridgehead atoms. The zero-order valence-electron chi connectivity index (χ0n) is 9.36. The van der Waals surface area contributed by atoms with Crippen molar-refractivity contribution in [2.75, 3.05) is 5.75 Å². The van der Waals surface area contributed by atoms with Crippen LogP contribution in [0.2, 0.25) is 0 Å². The van der Waals surface area contributed by atoms with Crippen molar-refractivity contribution in [1.29, 1.82) is 0 Å². The van der Waals surface area contributed by atoms with Gasteiger partial charge in [-0.05, 0) is 12.8 Å². The van der Waals surface area contributed by atoms with E-state index >= 15 is 0 Å². The minimum atomic E-state index is -3.06. The van der Waals surface area contributed by atoms with Crippen LogP contribution in [0, 0.1) is 12.8 Å². The number of sulfone groups is 1. The second-order valence-electron chi connectivity index (χ2n) is 4.00. The van der Waals surface area contributed by atoms with Gasteiger partial charge in [-0.2, -0.15) is 0 Å². The van der Waals surface area contributed by atoms with Gasteiger partial charge in [-0.3, -0.25) is 0 Å². The molecule has 0 radical (unpaired) electrons. The highest BCUT2D eigenvalue weighted by molar-refractivity contribution is 7.90. The highest BCUT2D eigenvalue weighted by atomic mass is 32.2. The molecule has 0 amide bonds. The Morgan fingerprint density at radius 3 is 2.67 bits per heavy atom. The smallest absolute Gasteiger partial charge is 0.156 e. The van der Waals surface area contributed by atoms with Crippen molar-refractivity contribution in [3.63, 3.8) is 0 Å². The Labute approximate surface area is 90.6 Å². The maximum absolute atomic E-state index is 11.7. The van der Waals surface area contributed by atoms with Crippen molar-refractivity contribution < 1.29 is 12.9 Å². The predicted molar refractivity (Wildman–Crippen MR) is 58.2 cm³/mol. The van der Waals surface area contributed by atoms with E-state index in [9.17, 15) is 8.42 Å². The Morgan fingerprint density at radius 2 is 2.20 bits per heavy atom. The average molecular weight is 231 g/mol. The van der Waals surface area contributed by atoms with Crippen molar-refractivity contribution in [3.05, 3.63) is 17.5 Å². The minimum Gasteiger partial charge on any atom is -0.361 e. The second-order valence-corrected chi connectivity index (χ2v) is 6.11. The molecule has 1 aromatic heterocycles. The van der Waals surface area contributed by atoms with Gasteiger partial charge in [0.2, 0.25) is 0 Å². The molecule has 15 heavy (non-hydrogen) atoms. The van der Waals surface area contributed by atoms with Crippen LogP contribution in [-0.2, 0) is 15.6 Å². The number of hydrogen-bond acceptors (Lipinski definition) is 4. The van der Waals surface area contributed by atoms with Gasteiger partial charge >= 0.3 is 0 Å².